The molecule has 1 amide bonds. The molecule has 0 heterocycles. The molecular weight excluding hydrogens is 338 g/mol. The summed E-state index contributed by atoms with van der Waals surface area (Å²) in [6.45, 7) is 2.40. The van der Waals surface area contributed by atoms with Gasteiger partial charge >= 0.3 is 0 Å². The van der Waals surface area contributed by atoms with Crippen LogP contribution < -0.4 is 0 Å². The summed E-state index contributed by atoms with van der Waals surface area (Å²) in [4.78, 5) is 23.5. The molecule has 0 saturated carbocycles. The molecule has 0 spiro atoms. The number of nitro benzene ring substituents is 1. The average molecular weight is 351 g/mol. The van der Waals surface area contributed by atoms with E-state index >= 15 is 0 Å². The van der Waals surface area contributed by atoms with E-state index in [1.165, 1.54) is 4.90 Å². The highest BCUT2D eigenvalue weighted by atomic mass is 79.9. The quantitative estimate of drug-likeness (QED) is 0.449. The van der Waals surface area contributed by atoms with E-state index in [2.05, 4.69) is 15.9 Å². The van der Waals surface area contributed by atoms with Crippen LogP contribution in [0.25, 0.3) is 0 Å². The van der Waals surface area contributed by atoms with Crippen LogP contribution in [0.5, 0.6) is 0 Å². The van der Waals surface area contributed by atoms with Crippen molar-refractivity contribution in [2.45, 2.75) is 13.3 Å². The number of carbonyl (C=O) groups excluding carboxylic acids is 1. The molecule has 0 atom stereocenters. The van der Waals surface area contributed by atoms with Gasteiger partial charge in [-0.05, 0) is 19.4 Å². The first-order chi connectivity index (χ1) is 9.42. The number of amides is 1. The van der Waals surface area contributed by atoms with Crippen molar-refractivity contribution in [2.75, 3.05) is 18.4 Å². The molecule has 0 unspecified atom stereocenters. The fourth-order valence-electron chi connectivity index (χ4n) is 1.68. The fourth-order valence-corrected chi connectivity index (χ4v) is 1.93. The molecule has 0 bridgehead atoms. The van der Waals surface area contributed by atoms with Gasteiger partial charge in [0, 0.05) is 18.4 Å². The first kappa shape index (κ1) is 16.5. The Balaban J connectivity index is 3.19. The van der Waals surface area contributed by atoms with Crippen molar-refractivity contribution in [3.8, 4) is 0 Å². The Morgan fingerprint density at radius 3 is 2.50 bits per heavy atom. The Morgan fingerprint density at radius 2 is 2.00 bits per heavy atom. The summed E-state index contributed by atoms with van der Waals surface area (Å²) in [6.07, 6.45) is 0.650. The maximum absolute atomic E-state index is 13.2. The van der Waals surface area contributed by atoms with E-state index < -0.39 is 33.7 Å². The van der Waals surface area contributed by atoms with E-state index in [-0.39, 0.29) is 0 Å². The fraction of sp³-hybridized carbons (Fsp3) is 0.417. The third-order valence-electron chi connectivity index (χ3n) is 2.70. The van der Waals surface area contributed by atoms with Crippen molar-refractivity contribution in [2.24, 2.45) is 0 Å². The Labute approximate surface area is 122 Å². The van der Waals surface area contributed by atoms with Gasteiger partial charge in [-0.25, -0.2) is 8.78 Å². The Bertz CT molecular complexity index is 526. The van der Waals surface area contributed by atoms with Gasteiger partial charge in [-0.2, -0.15) is 0 Å². The lowest BCUT2D eigenvalue weighted by molar-refractivity contribution is -0.385. The monoisotopic (exact) mass is 350 g/mol. The largest absolute Gasteiger partial charge is 0.339 e. The first-order valence-corrected chi connectivity index (χ1v) is 7.03. The minimum atomic E-state index is -1.35. The van der Waals surface area contributed by atoms with Crippen LogP contribution in [-0.4, -0.2) is 34.2 Å². The van der Waals surface area contributed by atoms with Gasteiger partial charge in [-0.3, -0.25) is 14.9 Å². The highest BCUT2D eigenvalue weighted by molar-refractivity contribution is 9.09. The summed E-state index contributed by atoms with van der Waals surface area (Å²) in [7, 11) is 0. The second-order valence-corrected chi connectivity index (χ2v) is 4.76. The Morgan fingerprint density at radius 1 is 1.40 bits per heavy atom. The number of hydrogen-bond acceptors (Lipinski definition) is 3. The maximum atomic E-state index is 13.2. The number of benzene rings is 1. The van der Waals surface area contributed by atoms with Gasteiger partial charge in [0.15, 0.2) is 11.6 Å². The molecule has 20 heavy (non-hydrogen) atoms. The SMILES string of the molecule is CCN(CCCBr)C(=O)c1cc(F)c(F)cc1[N+](=O)[O-]. The number of carbonyl (C=O) groups is 1. The predicted molar refractivity (Wildman–Crippen MR) is 73.0 cm³/mol. The van der Waals surface area contributed by atoms with E-state index in [1.807, 2.05) is 0 Å². The Hall–Kier alpha value is -1.57. The molecule has 0 aliphatic heterocycles. The van der Waals surface area contributed by atoms with Crippen molar-refractivity contribution < 1.29 is 18.5 Å². The molecule has 0 aliphatic carbocycles. The maximum Gasteiger partial charge on any atom is 0.285 e. The van der Waals surface area contributed by atoms with E-state index in [4.69, 9.17) is 0 Å². The second kappa shape index (κ2) is 7.28. The molecule has 0 aromatic heterocycles. The topological polar surface area (TPSA) is 63.5 Å². The molecule has 1 aromatic rings. The van der Waals surface area contributed by atoms with Crippen LogP contribution in [0, 0.1) is 21.7 Å². The van der Waals surface area contributed by atoms with Crippen LogP contribution in [0.4, 0.5) is 14.5 Å². The van der Waals surface area contributed by atoms with Gasteiger partial charge in [0.2, 0.25) is 0 Å². The Kier molecular flexibility index (Phi) is 6.00. The van der Waals surface area contributed by atoms with Crippen LogP contribution in [0.15, 0.2) is 12.1 Å². The number of hydrogen-bond donors (Lipinski definition) is 0. The molecule has 0 saturated heterocycles. The highest BCUT2D eigenvalue weighted by Gasteiger charge is 2.26. The van der Waals surface area contributed by atoms with Crippen molar-refractivity contribution in [1.82, 2.24) is 4.90 Å². The lowest BCUT2D eigenvalue weighted by atomic mass is 10.1. The van der Waals surface area contributed by atoms with E-state index in [0.717, 1.165) is 0 Å². The van der Waals surface area contributed by atoms with Gasteiger partial charge in [-0.15, -0.1) is 0 Å². The van der Waals surface area contributed by atoms with Gasteiger partial charge in [-0.1, -0.05) is 15.9 Å². The molecule has 110 valence electrons. The smallest absolute Gasteiger partial charge is 0.285 e. The predicted octanol–water partition coefficient (Wildman–Crippen LogP) is 3.12. The number of alkyl halides is 1. The zero-order valence-electron chi connectivity index (χ0n) is 10.7. The van der Waals surface area contributed by atoms with Crippen LogP contribution in [-0.2, 0) is 0 Å². The summed E-state index contributed by atoms with van der Waals surface area (Å²) in [5.74, 6) is -3.31. The minimum absolute atomic E-state index is 0.321. The second-order valence-electron chi connectivity index (χ2n) is 3.97. The van der Waals surface area contributed by atoms with Crippen LogP contribution in [0.3, 0.4) is 0 Å². The summed E-state index contributed by atoms with van der Waals surface area (Å²) < 4.78 is 26.3. The molecular formula is C12H13BrF2N2O3. The van der Waals surface area contributed by atoms with Gasteiger partial charge in [0.1, 0.15) is 5.56 Å². The molecule has 0 radical (unpaired) electrons. The van der Waals surface area contributed by atoms with Crippen molar-refractivity contribution in [3.05, 3.63) is 39.4 Å². The van der Waals surface area contributed by atoms with Gasteiger partial charge < -0.3 is 4.90 Å². The van der Waals surface area contributed by atoms with E-state index in [9.17, 15) is 23.7 Å². The number of rotatable bonds is 6. The lowest BCUT2D eigenvalue weighted by Crippen LogP contribution is -2.32. The number of nitrogens with zero attached hydrogens (tertiary/aromatic N) is 2. The normalized spacial score (nSPS) is 10.4. The lowest BCUT2D eigenvalue weighted by Gasteiger charge is -2.20. The average Bonchev–Trinajstić information content (AvgIpc) is 2.41. The molecule has 1 aromatic carbocycles. The third-order valence-corrected chi connectivity index (χ3v) is 3.26. The summed E-state index contributed by atoms with van der Waals surface area (Å²) in [6, 6.07) is 1.01. The van der Waals surface area contributed by atoms with E-state index in [0.29, 0.717) is 37.0 Å². The molecule has 0 N–H and O–H groups in total. The molecule has 5 nitrogen and oxygen atoms in total. The molecule has 0 fully saturated rings. The first-order valence-electron chi connectivity index (χ1n) is 5.91. The summed E-state index contributed by atoms with van der Waals surface area (Å²) in [5.41, 5.74) is -1.17. The standard InChI is InChI=1S/C12H13BrF2N2O3/c1-2-16(5-3-4-13)12(18)8-6-9(14)10(15)7-11(8)17(19)20/h6-7H,2-5H2,1H3. The third kappa shape index (κ3) is 3.72. The van der Waals surface area contributed by atoms with Crippen molar-refractivity contribution >= 4 is 27.5 Å². The molecule has 0 aliphatic rings. The minimum Gasteiger partial charge on any atom is -0.339 e. The van der Waals surface area contributed by atoms with Crippen LogP contribution in [0.1, 0.15) is 23.7 Å². The van der Waals surface area contributed by atoms with E-state index in [1.54, 1.807) is 6.92 Å². The number of nitro groups is 1. The van der Waals surface area contributed by atoms with Gasteiger partial charge in [0.25, 0.3) is 11.6 Å². The van der Waals surface area contributed by atoms with Crippen molar-refractivity contribution in [3.63, 3.8) is 0 Å². The summed E-state index contributed by atoms with van der Waals surface area (Å²) >= 11 is 3.22. The zero-order chi connectivity index (χ0) is 15.3. The zero-order valence-corrected chi connectivity index (χ0v) is 12.3. The van der Waals surface area contributed by atoms with Crippen molar-refractivity contribution in [1.29, 1.82) is 0 Å². The highest BCUT2D eigenvalue weighted by Crippen LogP contribution is 2.23. The van der Waals surface area contributed by atoms with Crippen LogP contribution >= 0.6 is 15.9 Å². The summed E-state index contributed by atoms with van der Waals surface area (Å²) in [5, 5.41) is 11.5. The number of halogens is 3. The molecule has 1 rings (SSSR count). The van der Waals surface area contributed by atoms with Crippen LogP contribution in [0.2, 0.25) is 0 Å². The van der Waals surface area contributed by atoms with Gasteiger partial charge in [0.05, 0.1) is 11.0 Å². The molecule has 8 heteroatoms.